The van der Waals surface area contributed by atoms with Crippen molar-refractivity contribution in [2.75, 3.05) is 13.2 Å². The average molecular weight is 1010 g/mol. The number of hydrogen-bond acceptors (Lipinski definition) is 6. The van der Waals surface area contributed by atoms with Crippen LogP contribution in [0.4, 0.5) is 0 Å². The number of allylic oxidation sites excluding steroid dienone is 20. The molecule has 0 N–H and O–H groups in total. The number of carbonyl (C=O) groups is 3. The lowest BCUT2D eigenvalue weighted by molar-refractivity contribution is -0.167. The molecule has 0 aliphatic rings. The summed E-state index contributed by atoms with van der Waals surface area (Å²) >= 11 is 0. The van der Waals surface area contributed by atoms with E-state index in [1.807, 2.05) is 0 Å². The van der Waals surface area contributed by atoms with E-state index < -0.39 is 6.10 Å². The van der Waals surface area contributed by atoms with Gasteiger partial charge in [0.25, 0.3) is 0 Å². The van der Waals surface area contributed by atoms with E-state index in [0.29, 0.717) is 19.3 Å². The van der Waals surface area contributed by atoms with Crippen molar-refractivity contribution in [2.45, 2.75) is 271 Å². The summed E-state index contributed by atoms with van der Waals surface area (Å²) in [4.78, 5) is 38.2. The molecule has 6 heteroatoms. The van der Waals surface area contributed by atoms with Crippen molar-refractivity contribution in [3.63, 3.8) is 0 Å². The summed E-state index contributed by atoms with van der Waals surface area (Å²) in [6.45, 7) is 6.39. The van der Waals surface area contributed by atoms with Crippen molar-refractivity contribution in [2.24, 2.45) is 0 Å². The van der Waals surface area contributed by atoms with Gasteiger partial charge in [-0.25, -0.2) is 0 Å². The SMILES string of the molecule is CC/C=C\C/C=C\C/C=C\C/C=C\C/C=C\C/C=C\CCCCCCCCC(=O)OCC(COC(=O)CCCCCCCCCCCCC)OC(=O)CCCCCCCC/C=C\C/C=C\C/C=C\C/C=C\CC. The summed E-state index contributed by atoms with van der Waals surface area (Å²) in [5, 5.41) is 0. The van der Waals surface area contributed by atoms with Crippen molar-refractivity contribution < 1.29 is 28.6 Å². The Morgan fingerprint density at radius 3 is 0.836 bits per heavy atom. The van der Waals surface area contributed by atoms with Crippen LogP contribution in [0.5, 0.6) is 0 Å². The van der Waals surface area contributed by atoms with Crippen LogP contribution in [0.2, 0.25) is 0 Å². The quantitative estimate of drug-likeness (QED) is 0.0261. The molecule has 73 heavy (non-hydrogen) atoms. The number of carbonyl (C=O) groups excluding carboxylic acids is 3. The van der Waals surface area contributed by atoms with Gasteiger partial charge in [-0.1, -0.05) is 258 Å². The molecule has 0 radical (unpaired) electrons. The van der Waals surface area contributed by atoms with Crippen LogP contribution in [-0.2, 0) is 28.6 Å². The molecule has 0 spiro atoms. The topological polar surface area (TPSA) is 78.9 Å². The Morgan fingerprint density at radius 1 is 0.288 bits per heavy atom. The normalized spacial score (nSPS) is 13.0. The molecule has 0 aromatic carbocycles. The summed E-state index contributed by atoms with van der Waals surface area (Å²) in [6.07, 6.45) is 83.3. The second-order valence-corrected chi connectivity index (χ2v) is 19.5. The molecule has 0 aliphatic heterocycles. The maximum atomic E-state index is 12.9. The van der Waals surface area contributed by atoms with Crippen molar-refractivity contribution >= 4 is 17.9 Å². The maximum absolute atomic E-state index is 12.9. The first-order valence-corrected chi connectivity index (χ1v) is 30.0. The summed E-state index contributed by atoms with van der Waals surface area (Å²) < 4.78 is 16.9. The monoisotopic (exact) mass is 1010 g/mol. The molecule has 0 aromatic rings. The summed E-state index contributed by atoms with van der Waals surface area (Å²) in [7, 11) is 0. The van der Waals surface area contributed by atoms with Gasteiger partial charge in [0.15, 0.2) is 6.10 Å². The van der Waals surface area contributed by atoms with Gasteiger partial charge in [-0.05, 0) is 109 Å². The zero-order valence-corrected chi connectivity index (χ0v) is 47.4. The molecule has 0 rings (SSSR count). The maximum Gasteiger partial charge on any atom is 0.306 e. The van der Waals surface area contributed by atoms with Gasteiger partial charge < -0.3 is 14.2 Å². The molecule has 0 aliphatic carbocycles. The minimum Gasteiger partial charge on any atom is -0.462 e. The van der Waals surface area contributed by atoms with E-state index in [1.165, 1.54) is 77.0 Å². The van der Waals surface area contributed by atoms with Crippen LogP contribution in [0, 0.1) is 0 Å². The van der Waals surface area contributed by atoms with E-state index in [2.05, 4.69) is 142 Å². The summed E-state index contributed by atoms with van der Waals surface area (Å²) in [6, 6.07) is 0. The zero-order chi connectivity index (χ0) is 52.9. The molecule has 0 bridgehead atoms. The van der Waals surface area contributed by atoms with Crippen molar-refractivity contribution in [1.82, 2.24) is 0 Å². The third-order valence-corrected chi connectivity index (χ3v) is 12.5. The second-order valence-electron chi connectivity index (χ2n) is 19.5. The third kappa shape index (κ3) is 58.6. The molecule has 0 saturated carbocycles. The number of unbranched alkanes of at least 4 members (excludes halogenated alkanes) is 22. The van der Waals surface area contributed by atoms with Gasteiger partial charge in [-0.15, -0.1) is 0 Å². The minimum atomic E-state index is -0.794. The lowest BCUT2D eigenvalue weighted by atomic mass is 10.1. The van der Waals surface area contributed by atoms with Crippen LogP contribution in [0.1, 0.15) is 265 Å². The van der Waals surface area contributed by atoms with E-state index in [4.69, 9.17) is 14.2 Å². The van der Waals surface area contributed by atoms with E-state index in [1.54, 1.807) is 0 Å². The van der Waals surface area contributed by atoms with Crippen molar-refractivity contribution in [3.8, 4) is 0 Å². The summed E-state index contributed by atoms with van der Waals surface area (Å²) in [5.74, 6) is -0.918. The molecule has 0 heterocycles. The Morgan fingerprint density at radius 2 is 0.534 bits per heavy atom. The highest BCUT2D eigenvalue weighted by Gasteiger charge is 2.19. The van der Waals surface area contributed by atoms with Crippen LogP contribution in [0.3, 0.4) is 0 Å². The fourth-order valence-electron chi connectivity index (χ4n) is 8.03. The molecule has 1 unspecified atom stereocenters. The second kappa shape index (κ2) is 60.4. The predicted octanol–water partition coefficient (Wildman–Crippen LogP) is 20.4. The minimum absolute atomic E-state index is 0.0896. The van der Waals surface area contributed by atoms with Gasteiger partial charge in [0.05, 0.1) is 0 Å². The van der Waals surface area contributed by atoms with Gasteiger partial charge in [-0.3, -0.25) is 14.4 Å². The average Bonchev–Trinajstić information content (AvgIpc) is 3.39. The molecule has 6 nitrogen and oxygen atoms in total. The van der Waals surface area contributed by atoms with Gasteiger partial charge in [-0.2, -0.15) is 0 Å². The molecular weight excluding hydrogens is 901 g/mol. The molecule has 0 aromatic heterocycles. The predicted molar refractivity (Wildman–Crippen MR) is 316 cm³/mol. The fraction of sp³-hybridized carbons (Fsp3) is 0.657. The standard InChI is InChI=1S/C67H110O6/c1-4-7-10-13-16-19-22-24-26-28-30-31-32-33-34-35-37-38-40-42-45-48-51-54-57-60-66(69)72-63-64(62-71-65(68)59-56-53-50-47-44-21-18-15-12-9-6-3)73-67(70)61-58-55-52-49-46-43-41-39-36-29-27-25-23-20-17-14-11-8-5-2/h7-8,10-11,16-17,19-20,24-27,30-31,33-34,36-39,64H,4-6,9,12-15,18,21-23,28-29,32,35,40-63H2,1-3H3/b10-7-,11-8-,19-16-,20-17-,26-24-,27-25-,31-30-,34-33-,38-37-,39-36-. The number of esters is 3. The van der Waals surface area contributed by atoms with Crippen LogP contribution < -0.4 is 0 Å². The highest BCUT2D eigenvalue weighted by atomic mass is 16.6. The Labute approximate surface area is 450 Å². The van der Waals surface area contributed by atoms with Gasteiger partial charge in [0.1, 0.15) is 13.2 Å². The lowest BCUT2D eigenvalue weighted by Crippen LogP contribution is -2.30. The summed E-state index contributed by atoms with van der Waals surface area (Å²) in [5.41, 5.74) is 0. The van der Waals surface area contributed by atoms with Crippen molar-refractivity contribution in [3.05, 3.63) is 122 Å². The van der Waals surface area contributed by atoms with E-state index in [9.17, 15) is 14.4 Å². The highest BCUT2D eigenvalue weighted by molar-refractivity contribution is 5.71. The van der Waals surface area contributed by atoms with Gasteiger partial charge in [0.2, 0.25) is 0 Å². The van der Waals surface area contributed by atoms with Gasteiger partial charge in [0, 0.05) is 19.3 Å². The first kappa shape index (κ1) is 68.8. The van der Waals surface area contributed by atoms with Crippen LogP contribution in [0.15, 0.2) is 122 Å². The number of ether oxygens (including phenoxy) is 3. The fourth-order valence-corrected chi connectivity index (χ4v) is 8.03. The molecule has 0 fully saturated rings. The Hall–Kier alpha value is -4.19. The Balaban J connectivity index is 4.38. The zero-order valence-electron chi connectivity index (χ0n) is 47.4. The molecular formula is C67H110O6. The first-order valence-electron chi connectivity index (χ1n) is 30.0. The Kier molecular flexibility index (Phi) is 56.9. The van der Waals surface area contributed by atoms with Crippen LogP contribution >= 0.6 is 0 Å². The number of hydrogen-bond donors (Lipinski definition) is 0. The highest BCUT2D eigenvalue weighted by Crippen LogP contribution is 2.15. The molecule has 0 amide bonds. The van der Waals surface area contributed by atoms with Crippen LogP contribution in [-0.4, -0.2) is 37.2 Å². The largest absolute Gasteiger partial charge is 0.462 e. The lowest BCUT2D eigenvalue weighted by Gasteiger charge is -2.18. The molecule has 414 valence electrons. The molecule has 0 saturated heterocycles. The first-order chi connectivity index (χ1) is 36.0. The number of rotatable bonds is 53. The van der Waals surface area contributed by atoms with Gasteiger partial charge >= 0.3 is 17.9 Å². The van der Waals surface area contributed by atoms with E-state index in [0.717, 1.165) is 148 Å². The van der Waals surface area contributed by atoms with E-state index in [-0.39, 0.29) is 31.1 Å². The third-order valence-electron chi connectivity index (χ3n) is 12.5. The van der Waals surface area contributed by atoms with E-state index >= 15 is 0 Å². The molecule has 1 atom stereocenters. The Bertz CT molecular complexity index is 1540. The van der Waals surface area contributed by atoms with Crippen LogP contribution in [0.25, 0.3) is 0 Å². The van der Waals surface area contributed by atoms with Crippen molar-refractivity contribution in [1.29, 1.82) is 0 Å². The smallest absolute Gasteiger partial charge is 0.306 e.